The van der Waals surface area contributed by atoms with Crippen LogP contribution in [0.15, 0.2) is 18.2 Å². The maximum Gasteiger partial charge on any atom is 0.128 e. The molecule has 1 heterocycles. The average molecular weight is 356 g/mol. The highest BCUT2D eigenvalue weighted by atomic mass is 32.2. The van der Waals surface area contributed by atoms with E-state index in [1.165, 1.54) is 0 Å². The van der Waals surface area contributed by atoms with Crippen LogP contribution >= 0.6 is 12.0 Å². The van der Waals surface area contributed by atoms with Crippen molar-refractivity contribution in [3.05, 3.63) is 29.6 Å². The molecule has 0 amide bonds. The first-order valence-electron chi connectivity index (χ1n) is 8.93. The van der Waals surface area contributed by atoms with Gasteiger partial charge < -0.3 is 20.5 Å². The average Bonchev–Trinajstić information content (AvgIpc) is 2.56. The molecule has 0 aromatic heterocycles. The van der Waals surface area contributed by atoms with Gasteiger partial charge in [-0.05, 0) is 75.8 Å². The Labute approximate surface area is 149 Å². The predicted octanol–water partition coefficient (Wildman–Crippen LogP) is 3.50. The molecule has 1 fully saturated rings. The van der Waals surface area contributed by atoms with Crippen LogP contribution in [0.25, 0.3) is 0 Å². The van der Waals surface area contributed by atoms with Crippen LogP contribution in [0.4, 0.5) is 10.1 Å². The van der Waals surface area contributed by atoms with Crippen molar-refractivity contribution >= 4 is 17.7 Å². The zero-order valence-corrected chi connectivity index (χ0v) is 15.3. The van der Waals surface area contributed by atoms with Crippen LogP contribution in [-0.2, 0) is 6.42 Å². The topological polar surface area (TPSA) is 56.3 Å². The highest BCUT2D eigenvalue weighted by Gasteiger charge is 2.17. The van der Waals surface area contributed by atoms with E-state index in [1.54, 1.807) is 12.1 Å². The molecule has 24 heavy (non-hydrogen) atoms. The number of benzene rings is 1. The van der Waals surface area contributed by atoms with Gasteiger partial charge in [0, 0.05) is 36.1 Å². The van der Waals surface area contributed by atoms with Crippen molar-refractivity contribution in [2.45, 2.75) is 50.6 Å². The molecule has 6 heteroatoms. The monoisotopic (exact) mass is 355 g/mol. The van der Waals surface area contributed by atoms with Crippen molar-refractivity contribution in [3.8, 4) is 0 Å². The third-order valence-corrected chi connectivity index (χ3v) is 5.24. The van der Waals surface area contributed by atoms with Crippen molar-refractivity contribution in [1.82, 2.24) is 10.6 Å². The van der Waals surface area contributed by atoms with E-state index >= 15 is 0 Å². The first kappa shape index (κ1) is 19.5. The second-order valence-electron chi connectivity index (χ2n) is 6.41. The molecule has 0 radical (unpaired) electrons. The molecule has 1 aliphatic heterocycles. The summed E-state index contributed by atoms with van der Waals surface area (Å²) in [5.41, 5.74) is 1.68. The molecule has 4 N–H and O–H groups in total. The Morgan fingerprint density at radius 3 is 2.58 bits per heavy atom. The van der Waals surface area contributed by atoms with Gasteiger partial charge in [0.15, 0.2) is 0 Å². The Balaban J connectivity index is 1.77. The van der Waals surface area contributed by atoms with Crippen molar-refractivity contribution in [2.24, 2.45) is 0 Å². The number of hydrogen-bond donors (Lipinski definition) is 4. The SMILES string of the molecule is CNc1cccc(F)c1CCC1CCNC(CCCSO)CCN1. The molecule has 136 valence electrons. The predicted molar refractivity (Wildman–Crippen MR) is 101 cm³/mol. The van der Waals surface area contributed by atoms with Gasteiger partial charge in [-0.15, -0.1) is 0 Å². The minimum absolute atomic E-state index is 0.118. The molecule has 4 nitrogen and oxygen atoms in total. The Morgan fingerprint density at radius 1 is 1.21 bits per heavy atom. The van der Waals surface area contributed by atoms with Crippen molar-refractivity contribution in [2.75, 3.05) is 31.2 Å². The summed E-state index contributed by atoms with van der Waals surface area (Å²) >= 11 is 0.929. The molecule has 1 aromatic rings. The number of hydrogen-bond acceptors (Lipinski definition) is 5. The second kappa shape index (κ2) is 10.9. The van der Waals surface area contributed by atoms with Gasteiger partial charge in [-0.25, -0.2) is 4.39 Å². The molecular weight excluding hydrogens is 325 g/mol. The first-order chi connectivity index (χ1) is 11.7. The van der Waals surface area contributed by atoms with E-state index in [2.05, 4.69) is 16.0 Å². The van der Waals surface area contributed by atoms with Crippen molar-refractivity contribution in [1.29, 1.82) is 0 Å². The van der Waals surface area contributed by atoms with Crippen LogP contribution < -0.4 is 16.0 Å². The fourth-order valence-corrected chi connectivity index (χ4v) is 3.68. The first-order valence-corrected chi connectivity index (χ1v) is 9.87. The van der Waals surface area contributed by atoms with Crippen LogP contribution in [0, 0.1) is 5.82 Å². The Hall–Kier alpha value is -0.820. The molecule has 0 saturated carbocycles. The Kier molecular flexibility index (Phi) is 8.88. The lowest BCUT2D eigenvalue weighted by atomic mass is 9.99. The summed E-state index contributed by atoms with van der Waals surface area (Å²) in [4.78, 5) is 0. The third kappa shape index (κ3) is 6.24. The molecule has 0 bridgehead atoms. The van der Waals surface area contributed by atoms with Gasteiger partial charge in [0.25, 0.3) is 0 Å². The summed E-state index contributed by atoms with van der Waals surface area (Å²) in [6, 6.07) is 6.18. The summed E-state index contributed by atoms with van der Waals surface area (Å²) in [5.74, 6) is 0.692. The van der Waals surface area contributed by atoms with E-state index in [4.69, 9.17) is 4.55 Å². The third-order valence-electron chi connectivity index (χ3n) is 4.77. The summed E-state index contributed by atoms with van der Waals surface area (Å²) in [6.07, 6.45) is 6.02. The van der Waals surface area contributed by atoms with E-state index in [9.17, 15) is 4.39 Å². The molecular formula is C18H30FN3OS. The summed E-state index contributed by atoms with van der Waals surface area (Å²) in [5, 5.41) is 10.3. The second-order valence-corrected chi connectivity index (χ2v) is 7.08. The van der Waals surface area contributed by atoms with Gasteiger partial charge in [0.1, 0.15) is 5.82 Å². The molecule has 0 aliphatic carbocycles. The van der Waals surface area contributed by atoms with Crippen LogP contribution in [-0.4, -0.2) is 42.5 Å². The van der Waals surface area contributed by atoms with Gasteiger partial charge in [0.05, 0.1) is 0 Å². The van der Waals surface area contributed by atoms with Crippen LogP contribution in [0.1, 0.15) is 37.7 Å². The normalized spacial score (nSPS) is 22.0. The van der Waals surface area contributed by atoms with Crippen LogP contribution in [0.5, 0.6) is 0 Å². The smallest absolute Gasteiger partial charge is 0.128 e. The van der Waals surface area contributed by atoms with E-state index in [1.807, 2.05) is 13.1 Å². The summed E-state index contributed by atoms with van der Waals surface area (Å²) < 4.78 is 22.8. The van der Waals surface area contributed by atoms with Gasteiger partial charge in [0.2, 0.25) is 0 Å². The minimum atomic E-state index is -0.118. The van der Waals surface area contributed by atoms with E-state index in [0.717, 1.165) is 80.7 Å². The van der Waals surface area contributed by atoms with Crippen molar-refractivity contribution in [3.63, 3.8) is 0 Å². The molecule has 0 spiro atoms. The number of halogens is 1. The summed E-state index contributed by atoms with van der Waals surface area (Å²) in [7, 11) is 1.84. The maximum atomic E-state index is 14.0. The van der Waals surface area contributed by atoms with Gasteiger partial charge >= 0.3 is 0 Å². The molecule has 1 saturated heterocycles. The molecule has 2 atom stereocenters. The fourth-order valence-electron chi connectivity index (χ4n) is 3.38. The van der Waals surface area contributed by atoms with E-state index in [-0.39, 0.29) is 5.82 Å². The minimum Gasteiger partial charge on any atom is -0.388 e. The van der Waals surface area contributed by atoms with Crippen LogP contribution in [0.3, 0.4) is 0 Å². The number of rotatable bonds is 8. The lowest BCUT2D eigenvalue weighted by Crippen LogP contribution is -2.42. The summed E-state index contributed by atoms with van der Waals surface area (Å²) in [6.45, 7) is 1.98. The zero-order valence-electron chi connectivity index (χ0n) is 14.5. The highest BCUT2D eigenvalue weighted by molar-refractivity contribution is 7.93. The van der Waals surface area contributed by atoms with Gasteiger partial charge in [-0.3, -0.25) is 0 Å². The quantitative estimate of drug-likeness (QED) is 0.425. The van der Waals surface area contributed by atoms with Crippen LogP contribution in [0.2, 0.25) is 0 Å². The number of nitrogens with one attached hydrogen (secondary N) is 3. The fraction of sp³-hybridized carbons (Fsp3) is 0.667. The number of anilines is 1. The standard InChI is InChI=1S/C18H30FN3OS/c1-20-18-6-2-5-17(19)16(18)8-7-15-10-12-21-14(9-11-22-15)4-3-13-24-23/h2,5-6,14-15,20-23H,3-4,7-13H2,1H3. The van der Waals surface area contributed by atoms with Crippen molar-refractivity contribution < 1.29 is 8.94 Å². The largest absolute Gasteiger partial charge is 0.388 e. The molecule has 2 unspecified atom stereocenters. The lowest BCUT2D eigenvalue weighted by Gasteiger charge is -2.27. The molecule has 1 aliphatic rings. The van der Waals surface area contributed by atoms with E-state index < -0.39 is 0 Å². The zero-order chi connectivity index (χ0) is 17.2. The maximum absolute atomic E-state index is 14.0. The Morgan fingerprint density at radius 2 is 1.92 bits per heavy atom. The lowest BCUT2D eigenvalue weighted by molar-refractivity contribution is 0.349. The molecule has 2 rings (SSSR count). The Bertz CT molecular complexity index is 479. The van der Waals surface area contributed by atoms with E-state index in [0.29, 0.717) is 12.1 Å². The molecule has 1 aromatic carbocycles. The highest BCUT2D eigenvalue weighted by Crippen LogP contribution is 2.21. The van der Waals surface area contributed by atoms with Gasteiger partial charge in [-0.1, -0.05) is 6.07 Å². The van der Waals surface area contributed by atoms with Gasteiger partial charge in [-0.2, -0.15) is 0 Å².